The third kappa shape index (κ3) is 2.99. The molecular weight excluding hydrogens is 172 g/mol. The summed E-state index contributed by atoms with van der Waals surface area (Å²) in [7, 11) is 0. The second-order valence-corrected chi connectivity index (χ2v) is 3.87. The molecule has 0 N–H and O–H groups in total. The van der Waals surface area contributed by atoms with Gasteiger partial charge in [0.2, 0.25) is 0 Å². The molecule has 1 aromatic rings. The summed E-state index contributed by atoms with van der Waals surface area (Å²) < 4.78 is 0. The molecule has 76 valence electrons. The molecule has 0 saturated carbocycles. The molecule has 1 nitrogen and oxygen atoms in total. The van der Waals surface area contributed by atoms with Crippen molar-refractivity contribution in [3.8, 4) is 0 Å². The van der Waals surface area contributed by atoms with E-state index in [-0.39, 0.29) is 0 Å². The molecule has 1 rings (SSSR count). The molecule has 14 heavy (non-hydrogen) atoms. The van der Waals surface area contributed by atoms with Gasteiger partial charge in [0.05, 0.1) is 0 Å². The van der Waals surface area contributed by atoms with Crippen molar-refractivity contribution >= 4 is 6.29 Å². The van der Waals surface area contributed by atoms with Crippen molar-refractivity contribution in [2.75, 3.05) is 0 Å². The van der Waals surface area contributed by atoms with Gasteiger partial charge >= 0.3 is 0 Å². The predicted molar refractivity (Wildman–Crippen MR) is 59.6 cm³/mol. The van der Waals surface area contributed by atoms with Crippen molar-refractivity contribution in [2.45, 2.75) is 33.1 Å². The fourth-order valence-corrected chi connectivity index (χ4v) is 1.48. The van der Waals surface area contributed by atoms with Crippen molar-refractivity contribution in [1.29, 1.82) is 0 Å². The lowest BCUT2D eigenvalue weighted by molar-refractivity contribution is 0.112. The summed E-state index contributed by atoms with van der Waals surface area (Å²) in [6.07, 6.45) is 4.35. The van der Waals surface area contributed by atoms with Gasteiger partial charge in [0.25, 0.3) is 0 Å². The highest BCUT2D eigenvalue weighted by Crippen LogP contribution is 2.14. The molecule has 1 aromatic carbocycles. The van der Waals surface area contributed by atoms with Crippen LogP contribution < -0.4 is 0 Å². The van der Waals surface area contributed by atoms with Gasteiger partial charge in [-0.2, -0.15) is 0 Å². The smallest absolute Gasteiger partial charge is 0.150 e. The van der Waals surface area contributed by atoms with Crippen LogP contribution in [0.2, 0.25) is 0 Å². The number of hydrogen-bond acceptors (Lipinski definition) is 1. The van der Waals surface area contributed by atoms with E-state index < -0.39 is 0 Å². The molecule has 0 radical (unpaired) electrons. The number of carbonyl (C=O) groups excluding carboxylic acids is 1. The summed E-state index contributed by atoms with van der Waals surface area (Å²) in [5.74, 6) is 0.745. The van der Waals surface area contributed by atoms with E-state index in [1.165, 1.54) is 18.4 Å². The minimum Gasteiger partial charge on any atom is -0.298 e. The number of rotatable bonds is 5. The number of benzene rings is 1. The number of hydrogen-bond donors (Lipinski definition) is 0. The van der Waals surface area contributed by atoms with E-state index in [1.54, 1.807) is 0 Å². The molecule has 0 fully saturated rings. The Morgan fingerprint density at radius 3 is 2.71 bits per heavy atom. The van der Waals surface area contributed by atoms with Crippen LogP contribution in [0, 0.1) is 5.92 Å². The lowest BCUT2D eigenvalue weighted by Crippen LogP contribution is -1.98. The Hall–Kier alpha value is -1.11. The molecule has 0 heterocycles. The van der Waals surface area contributed by atoms with Crippen molar-refractivity contribution in [3.63, 3.8) is 0 Å². The summed E-state index contributed by atoms with van der Waals surface area (Å²) in [4.78, 5) is 10.7. The zero-order valence-electron chi connectivity index (χ0n) is 8.99. The summed E-state index contributed by atoms with van der Waals surface area (Å²) in [5, 5.41) is 0. The molecule has 0 saturated heterocycles. The molecule has 0 aliphatic heterocycles. The molecule has 0 aliphatic carbocycles. The maximum absolute atomic E-state index is 10.7. The quantitative estimate of drug-likeness (QED) is 0.650. The zero-order chi connectivity index (χ0) is 10.4. The largest absolute Gasteiger partial charge is 0.298 e. The molecule has 1 unspecified atom stereocenters. The second kappa shape index (κ2) is 5.58. The highest BCUT2D eigenvalue weighted by atomic mass is 16.1. The van der Waals surface area contributed by atoms with Gasteiger partial charge in [-0.15, -0.1) is 0 Å². The summed E-state index contributed by atoms with van der Waals surface area (Å²) >= 11 is 0. The van der Waals surface area contributed by atoms with Gasteiger partial charge in [-0.1, -0.05) is 44.5 Å². The van der Waals surface area contributed by atoms with Crippen molar-refractivity contribution in [1.82, 2.24) is 0 Å². The fourth-order valence-electron chi connectivity index (χ4n) is 1.48. The van der Waals surface area contributed by atoms with Gasteiger partial charge < -0.3 is 0 Å². The molecule has 0 amide bonds. The van der Waals surface area contributed by atoms with Gasteiger partial charge in [-0.25, -0.2) is 0 Å². The Labute approximate surface area is 86.1 Å². The Bertz CT molecular complexity index is 291. The van der Waals surface area contributed by atoms with Crippen LogP contribution in [-0.4, -0.2) is 6.29 Å². The normalized spacial score (nSPS) is 12.4. The highest BCUT2D eigenvalue weighted by Gasteiger charge is 2.03. The highest BCUT2D eigenvalue weighted by molar-refractivity contribution is 5.77. The Kier molecular flexibility index (Phi) is 4.37. The minimum absolute atomic E-state index is 0.745. The maximum Gasteiger partial charge on any atom is 0.150 e. The topological polar surface area (TPSA) is 17.1 Å². The summed E-state index contributed by atoms with van der Waals surface area (Å²) in [5.41, 5.74) is 2.03. The molecule has 1 atom stereocenters. The zero-order valence-corrected chi connectivity index (χ0v) is 8.99. The lowest BCUT2D eigenvalue weighted by Gasteiger charge is -2.09. The van der Waals surface area contributed by atoms with E-state index in [0.29, 0.717) is 0 Å². The monoisotopic (exact) mass is 190 g/mol. The van der Waals surface area contributed by atoms with E-state index in [1.807, 2.05) is 24.3 Å². The van der Waals surface area contributed by atoms with E-state index in [9.17, 15) is 4.79 Å². The molecule has 0 aromatic heterocycles. The van der Waals surface area contributed by atoms with Crippen LogP contribution in [0.15, 0.2) is 24.3 Å². The SMILES string of the molecule is CCC(C)CCc1ccccc1C=O. The van der Waals surface area contributed by atoms with Crippen molar-refractivity contribution < 1.29 is 4.79 Å². The van der Waals surface area contributed by atoms with Crippen LogP contribution in [0.5, 0.6) is 0 Å². The minimum atomic E-state index is 0.745. The first kappa shape index (κ1) is 11.0. The first-order valence-electron chi connectivity index (χ1n) is 5.31. The van der Waals surface area contributed by atoms with Crippen LogP contribution in [0.4, 0.5) is 0 Å². The van der Waals surface area contributed by atoms with Gasteiger partial charge in [-0.3, -0.25) is 4.79 Å². The number of carbonyl (C=O) groups is 1. The number of aldehydes is 1. The average Bonchev–Trinajstić information content (AvgIpc) is 2.26. The van der Waals surface area contributed by atoms with Crippen LogP contribution in [0.3, 0.4) is 0 Å². The van der Waals surface area contributed by atoms with Crippen LogP contribution in [0.25, 0.3) is 0 Å². The summed E-state index contributed by atoms with van der Waals surface area (Å²) in [6, 6.07) is 7.85. The number of aryl methyl sites for hydroxylation is 1. The van der Waals surface area contributed by atoms with Gasteiger partial charge in [0.15, 0.2) is 0 Å². The van der Waals surface area contributed by atoms with E-state index in [4.69, 9.17) is 0 Å². The third-order valence-corrected chi connectivity index (χ3v) is 2.79. The maximum atomic E-state index is 10.7. The predicted octanol–water partition coefficient (Wildman–Crippen LogP) is 3.48. The summed E-state index contributed by atoms with van der Waals surface area (Å²) in [6.45, 7) is 4.46. The lowest BCUT2D eigenvalue weighted by atomic mass is 9.97. The third-order valence-electron chi connectivity index (χ3n) is 2.79. The average molecular weight is 190 g/mol. The molecule has 1 heteroatoms. The first-order chi connectivity index (χ1) is 6.77. The Balaban J connectivity index is 2.61. The van der Waals surface area contributed by atoms with E-state index in [2.05, 4.69) is 13.8 Å². The molecule has 0 bridgehead atoms. The molecule has 0 spiro atoms. The van der Waals surface area contributed by atoms with E-state index in [0.717, 1.165) is 24.2 Å². The van der Waals surface area contributed by atoms with Crippen LogP contribution in [0.1, 0.15) is 42.6 Å². The van der Waals surface area contributed by atoms with E-state index >= 15 is 0 Å². The first-order valence-corrected chi connectivity index (χ1v) is 5.31. The molecule has 0 aliphatic rings. The Morgan fingerprint density at radius 1 is 1.36 bits per heavy atom. The van der Waals surface area contributed by atoms with Crippen molar-refractivity contribution in [3.05, 3.63) is 35.4 Å². The van der Waals surface area contributed by atoms with Crippen LogP contribution in [-0.2, 0) is 6.42 Å². The van der Waals surface area contributed by atoms with Crippen molar-refractivity contribution in [2.24, 2.45) is 5.92 Å². The van der Waals surface area contributed by atoms with Gasteiger partial charge in [0.1, 0.15) is 6.29 Å². The van der Waals surface area contributed by atoms with Gasteiger partial charge in [0, 0.05) is 5.56 Å². The fraction of sp³-hybridized carbons (Fsp3) is 0.462. The van der Waals surface area contributed by atoms with Gasteiger partial charge in [-0.05, 0) is 24.3 Å². The standard InChI is InChI=1S/C13H18O/c1-3-11(2)8-9-12-6-4-5-7-13(12)10-14/h4-7,10-11H,3,8-9H2,1-2H3. The molecular formula is C13H18O. The Morgan fingerprint density at radius 2 is 2.07 bits per heavy atom. The van der Waals surface area contributed by atoms with Crippen LogP contribution >= 0.6 is 0 Å². The second-order valence-electron chi connectivity index (χ2n) is 3.87.